The molecule has 0 aromatic heterocycles. The number of carbonyl (C=O) groups excluding carboxylic acids is 3. The summed E-state index contributed by atoms with van der Waals surface area (Å²) >= 11 is 0. The van der Waals surface area contributed by atoms with Gasteiger partial charge in [-0.3, -0.25) is 19.7 Å². The molecule has 2 fully saturated rings. The molecule has 0 radical (unpaired) electrons. The number of piperidine rings is 1. The maximum atomic E-state index is 13.0. The normalized spacial score (nSPS) is 19.2. The van der Waals surface area contributed by atoms with Gasteiger partial charge in [0, 0.05) is 42.9 Å². The van der Waals surface area contributed by atoms with Crippen molar-refractivity contribution in [3.05, 3.63) is 39.4 Å². The van der Waals surface area contributed by atoms with Crippen LogP contribution in [0.2, 0.25) is 0 Å². The highest BCUT2D eigenvalue weighted by molar-refractivity contribution is 5.98. The highest BCUT2D eigenvalue weighted by Gasteiger charge is 2.36. The Kier molecular flexibility index (Phi) is 7.09. The van der Waals surface area contributed by atoms with Gasteiger partial charge in [0.15, 0.2) is 0 Å². The number of rotatable bonds is 5. The molecule has 10 heteroatoms. The fraction of sp³-hybridized carbons (Fsp3) is 0.571. The molecular formula is C21H28N4O6. The predicted octanol–water partition coefficient (Wildman–Crippen LogP) is 2.24. The largest absolute Gasteiger partial charge is 0.450 e. The fourth-order valence-electron chi connectivity index (χ4n) is 4.16. The minimum Gasteiger partial charge on any atom is -0.450 e. The van der Waals surface area contributed by atoms with Crippen LogP contribution in [0, 0.1) is 17.0 Å². The average molecular weight is 432 g/mol. The SMILES string of the molecule is CCOC(=O)N1CCC(NC(=O)C2CCCN2C(=O)c2ccc([N+](=O)[O-])c(C)c2)CC1. The standard InChI is InChI=1S/C21H28N4O6/c1-3-31-21(28)23-11-8-16(9-12-23)22-19(26)18-5-4-10-24(18)20(27)15-6-7-17(25(29)30)14(2)13-15/h6-7,13,16,18H,3-5,8-12H2,1-2H3,(H,22,26). The van der Waals surface area contributed by atoms with Crippen molar-refractivity contribution in [2.45, 2.75) is 51.6 Å². The van der Waals surface area contributed by atoms with E-state index in [2.05, 4.69) is 5.32 Å². The topological polar surface area (TPSA) is 122 Å². The molecule has 2 saturated heterocycles. The van der Waals surface area contributed by atoms with E-state index in [4.69, 9.17) is 4.74 Å². The molecule has 0 saturated carbocycles. The summed E-state index contributed by atoms with van der Waals surface area (Å²) in [5.74, 6) is -0.494. The van der Waals surface area contributed by atoms with Gasteiger partial charge in [0.05, 0.1) is 11.5 Å². The van der Waals surface area contributed by atoms with Gasteiger partial charge < -0.3 is 19.9 Å². The van der Waals surface area contributed by atoms with Crippen molar-refractivity contribution in [3.63, 3.8) is 0 Å². The first kappa shape index (κ1) is 22.5. The molecule has 31 heavy (non-hydrogen) atoms. The number of benzene rings is 1. The van der Waals surface area contributed by atoms with Crippen molar-refractivity contribution < 1.29 is 24.0 Å². The molecule has 2 heterocycles. The van der Waals surface area contributed by atoms with Gasteiger partial charge >= 0.3 is 6.09 Å². The first-order valence-corrected chi connectivity index (χ1v) is 10.6. The molecule has 168 valence electrons. The molecule has 10 nitrogen and oxygen atoms in total. The van der Waals surface area contributed by atoms with E-state index in [1.165, 1.54) is 18.2 Å². The summed E-state index contributed by atoms with van der Waals surface area (Å²) in [4.78, 5) is 51.4. The number of nitrogens with zero attached hydrogens (tertiary/aromatic N) is 3. The van der Waals surface area contributed by atoms with E-state index in [1.54, 1.807) is 23.6 Å². The summed E-state index contributed by atoms with van der Waals surface area (Å²) in [6, 6.07) is 3.64. The van der Waals surface area contributed by atoms with Crippen molar-refractivity contribution in [1.82, 2.24) is 15.1 Å². The molecule has 2 aliphatic rings. The van der Waals surface area contributed by atoms with Crippen molar-refractivity contribution in [2.75, 3.05) is 26.2 Å². The van der Waals surface area contributed by atoms with Crippen LogP contribution in [0.15, 0.2) is 18.2 Å². The molecule has 1 atom stereocenters. The Hall–Kier alpha value is -3.17. The minimum atomic E-state index is -0.564. The van der Waals surface area contributed by atoms with Gasteiger partial charge in [-0.1, -0.05) is 0 Å². The Balaban J connectivity index is 1.59. The first-order chi connectivity index (χ1) is 14.8. The zero-order chi connectivity index (χ0) is 22.5. The number of carbonyl (C=O) groups is 3. The maximum absolute atomic E-state index is 13.0. The molecule has 3 rings (SSSR count). The third kappa shape index (κ3) is 5.12. The van der Waals surface area contributed by atoms with Crippen LogP contribution in [0.3, 0.4) is 0 Å². The number of aryl methyl sites for hydroxylation is 1. The second kappa shape index (κ2) is 9.76. The van der Waals surface area contributed by atoms with Crippen molar-refractivity contribution >= 4 is 23.6 Å². The third-order valence-corrected chi connectivity index (χ3v) is 5.82. The van der Waals surface area contributed by atoms with E-state index in [1.807, 2.05) is 0 Å². The highest BCUT2D eigenvalue weighted by Crippen LogP contribution is 2.24. The van der Waals surface area contributed by atoms with Crippen LogP contribution in [0.25, 0.3) is 0 Å². The van der Waals surface area contributed by atoms with Gasteiger partial charge in [-0.15, -0.1) is 0 Å². The zero-order valence-electron chi connectivity index (χ0n) is 17.8. The Bertz CT molecular complexity index is 865. The monoisotopic (exact) mass is 432 g/mol. The van der Waals surface area contributed by atoms with E-state index >= 15 is 0 Å². The number of nitro groups is 1. The summed E-state index contributed by atoms with van der Waals surface area (Å²) in [5.41, 5.74) is 0.705. The number of hydrogen-bond donors (Lipinski definition) is 1. The van der Waals surface area contributed by atoms with Crippen LogP contribution in [0.5, 0.6) is 0 Å². The molecule has 0 bridgehead atoms. The summed E-state index contributed by atoms with van der Waals surface area (Å²) in [5, 5.41) is 14.0. The first-order valence-electron chi connectivity index (χ1n) is 10.6. The molecule has 1 unspecified atom stereocenters. The molecule has 2 aliphatic heterocycles. The van der Waals surface area contributed by atoms with Crippen LogP contribution in [-0.4, -0.2) is 71.0 Å². The predicted molar refractivity (Wildman–Crippen MR) is 112 cm³/mol. The van der Waals surface area contributed by atoms with Crippen molar-refractivity contribution in [3.8, 4) is 0 Å². The third-order valence-electron chi connectivity index (χ3n) is 5.82. The Morgan fingerprint density at radius 3 is 2.52 bits per heavy atom. The van der Waals surface area contributed by atoms with Crippen molar-refractivity contribution in [2.24, 2.45) is 0 Å². The van der Waals surface area contributed by atoms with Gasteiger partial charge in [-0.2, -0.15) is 0 Å². The van der Waals surface area contributed by atoms with Crippen molar-refractivity contribution in [1.29, 1.82) is 0 Å². The molecular weight excluding hydrogens is 404 g/mol. The van der Waals surface area contributed by atoms with E-state index < -0.39 is 11.0 Å². The molecule has 1 aromatic carbocycles. The van der Waals surface area contributed by atoms with Crippen LogP contribution in [-0.2, 0) is 9.53 Å². The summed E-state index contributed by atoms with van der Waals surface area (Å²) in [6.45, 7) is 5.17. The lowest BCUT2D eigenvalue weighted by molar-refractivity contribution is -0.385. The second-order valence-electron chi connectivity index (χ2n) is 7.88. The van der Waals surface area contributed by atoms with Gasteiger partial charge in [0.2, 0.25) is 5.91 Å². The van der Waals surface area contributed by atoms with Crippen LogP contribution < -0.4 is 5.32 Å². The number of hydrogen-bond acceptors (Lipinski definition) is 6. The number of ether oxygens (including phenoxy) is 1. The zero-order valence-corrected chi connectivity index (χ0v) is 17.8. The van der Waals surface area contributed by atoms with E-state index in [0.29, 0.717) is 56.6 Å². The summed E-state index contributed by atoms with van der Waals surface area (Å²) < 4.78 is 5.01. The van der Waals surface area contributed by atoms with Gasteiger partial charge in [0.1, 0.15) is 6.04 Å². The number of amides is 3. The van der Waals surface area contributed by atoms with Gasteiger partial charge in [-0.25, -0.2) is 4.79 Å². The molecule has 0 aliphatic carbocycles. The average Bonchev–Trinajstić information content (AvgIpc) is 3.23. The molecule has 1 aromatic rings. The lowest BCUT2D eigenvalue weighted by atomic mass is 10.0. The number of likely N-dealkylation sites (tertiary alicyclic amines) is 2. The summed E-state index contributed by atoms with van der Waals surface area (Å²) in [7, 11) is 0. The van der Waals surface area contributed by atoms with E-state index in [9.17, 15) is 24.5 Å². The highest BCUT2D eigenvalue weighted by atomic mass is 16.6. The van der Waals surface area contributed by atoms with Crippen LogP contribution in [0.1, 0.15) is 48.5 Å². The Morgan fingerprint density at radius 2 is 1.90 bits per heavy atom. The molecule has 0 spiro atoms. The Morgan fingerprint density at radius 1 is 1.19 bits per heavy atom. The number of nitrogens with one attached hydrogen (secondary N) is 1. The molecule has 3 amide bonds. The smallest absolute Gasteiger partial charge is 0.409 e. The quantitative estimate of drug-likeness (QED) is 0.562. The summed E-state index contributed by atoms with van der Waals surface area (Å²) in [6.07, 6.45) is 2.22. The maximum Gasteiger partial charge on any atom is 0.409 e. The minimum absolute atomic E-state index is 0.0403. The van der Waals surface area contributed by atoms with Crippen LogP contribution in [0.4, 0.5) is 10.5 Å². The Labute approximate surface area is 180 Å². The van der Waals surface area contributed by atoms with Crippen LogP contribution >= 0.6 is 0 Å². The lowest BCUT2D eigenvalue weighted by Crippen LogP contribution is -2.52. The lowest BCUT2D eigenvalue weighted by Gasteiger charge is -2.33. The van der Waals surface area contributed by atoms with E-state index in [0.717, 1.165) is 6.42 Å². The van der Waals surface area contributed by atoms with E-state index in [-0.39, 0.29) is 29.6 Å². The van der Waals surface area contributed by atoms with Gasteiger partial charge in [-0.05, 0) is 51.7 Å². The second-order valence-corrected chi connectivity index (χ2v) is 7.88. The molecule has 1 N–H and O–H groups in total. The van der Waals surface area contributed by atoms with Gasteiger partial charge in [0.25, 0.3) is 11.6 Å². The number of nitro benzene ring substituents is 1. The fourth-order valence-corrected chi connectivity index (χ4v) is 4.16.